The summed E-state index contributed by atoms with van der Waals surface area (Å²) in [4.78, 5) is 19.0. The van der Waals surface area contributed by atoms with E-state index in [1.807, 2.05) is 18.7 Å². The number of carbonyl (C=O) groups is 1. The van der Waals surface area contributed by atoms with Crippen molar-refractivity contribution >= 4 is 52.7 Å². The van der Waals surface area contributed by atoms with E-state index in [1.165, 1.54) is 9.75 Å². The van der Waals surface area contributed by atoms with E-state index in [9.17, 15) is 4.79 Å². The van der Waals surface area contributed by atoms with E-state index in [4.69, 9.17) is 0 Å². The van der Waals surface area contributed by atoms with Gasteiger partial charge in [-0.25, -0.2) is 4.98 Å². The van der Waals surface area contributed by atoms with Crippen LogP contribution in [0.5, 0.6) is 0 Å². The summed E-state index contributed by atoms with van der Waals surface area (Å²) in [5, 5.41) is 9.63. The molecule has 0 aliphatic carbocycles. The summed E-state index contributed by atoms with van der Waals surface area (Å²) in [5.74, 6) is 2.34. The summed E-state index contributed by atoms with van der Waals surface area (Å²) >= 11 is 5.36. The van der Waals surface area contributed by atoms with Crippen molar-refractivity contribution in [2.24, 2.45) is 0 Å². The molecular weight excluding hydrogens is 382 g/mol. The lowest BCUT2D eigenvalue weighted by Crippen LogP contribution is -2.41. The smallest absolute Gasteiger partial charge is 0.221 e. The third-order valence-corrected chi connectivity index (χ3v) is 6.73. The highest BCUT2D eigenvalue weighted by molar-refractivity contribution is 7.99. The van der Waals surface area contributed by atoms with E-state index in [0.29, 0.717) is 19.0 Å². The summed E-state index contributed by atoms with van der Waals surface area (Å²) in [6.07, 6.45) is 1.47. The van der Waals surface area contributed by atoms with E-state index in [2.05, 4.69) is 33.1 Å². The molecule has 1 saturated heterocycles. The Morgan fingerprint density at radius 3 is 3.04 bits per heavy atom. The highest BCUT2D eigenvalue weighted by Crippen LogP contribution is 2.29. The largest absolute Gasteiger partial charge is 0.356 e. The van der Waals surface area contributed by atoms with Gasteiger partial charge in [0.05, 0.1) is 15.6 Å². The molecule has 0 aromatic carbocycles. The summed E-state index contributed by atoms with van der Waals surface area (Å²) < 4.78 is 0. The van der Waals surface area contributed by atoms with Crippen molar-refractivity contribution in [3.63, 3.8) is 0 Å². The SMILES string of the molecule is Cc1nc(-c2ccc(CCNC(=O)CC3CSCCN3)s2)cs1.Cl. The minimum atomic E-state index is 0. The Morgan fingerprint density at radius 1 is 1.46 bits per heavy atom. The number of thiazole rings is 1. The molecule has 132 valence electrons. The molecule has 8 heteroatoms. The zero-order valence-electron chi connectivity index (χ0n) is 13.5. The summed E-state index contributed by atoms with van der Waals surface area (Å²) in [7, 11) is 0. The molecule has 2 aromatic rings. The number of aryl methyl sites for hydroxylation is 1. The van der Waals surface area contributed by atoms with E-state index in [1.54, 1.807) is 22.7 Å². The van der Waals surface area contributed by atoms with Crippen LogP contribution in [0.2, 0.25) is 0 Å². The first kappa shape index (κ1) is 19.7. The van der Waals surface area contributed by atoms with Gasteiger partial charge >= 0.3 is 0 Å². The van der Waals surface area contributed by atoms with Gasteiger partial charge in [-0.15, -0.1) is 35.1 Å². The number of nitrogens with zero attached hydrogens (tertiary/aromatic N) is 1. The minimum Gasteiger partial charge on any atom is -0.356 e. The average molecular weight is 404 g/mol. The van der Waals surface area contributed by atoms with Gasteiger partial charge in [0.2, 0.25) is 5.91 Å². The van der Waals surface area contributed by atoms with E-state index in [0.717, 1.165) is 35.2 Å². The van der Waals surface area contributed by atoms with Crippen LogP contribution >= 0.6 is 46.8 Å². The van der Waals surface area contributed by atoms with Gasteiger partial charge < -0.3 is 10.6 Å². The Hall–Kier alpha value is -0.600. The molecule has 0 bridgehead atoms. The molecule has 1 aliphatic heterocycles. The van der Waals surface area contributed by atoms with Crippen LogP contribution in [0.15, 0.2) is 17.5 Å². The van der Waals surface area contributed by atoms with Gasteiger partial charge in [0, 0.05) is 47.3 Å². The van der Waals surface area contributed by atoms with Gasteiger partial charge in [0.15, 0.2) is 0 Å². The highest BCUT2D eigenvalue weighted by atomic mass is 35.5. The maximum atomic E-state index is 12.0. The topological polar surface area (TPSA) is 54.0 Å². The van der Waals surface area contributed by atoms with Crippen molar-refractivity contribution in [1.82, 2.24) is 15.6 Å². The maximum Gasteiger partial charge on any atom is 0.221 e. The molecule has 1 amide bonds. The second-order valence-corrected chi connectivity index (χ2v) is 8.93. The maximum absolute atomic E-state index is 12.0. The van der Waals surface area contributed by atoms with Gasteiger partial charge in [0.25, 0.3) is 0 Å². The summed E-state index contributed by atoms with van der Waals surface area (Å²) in [5.41, 5.74) is 1.06. The Balaban J connectivity index is 0.00000208. The summed E-state index contributed by atoms with van der Waals surface area (Å²) in [6.45, 7) is 3.74. The quantitative estimate of drug-likeness (QED) is 0.776. The third-order valence-electron chi connectivity index (χ3n) is 3.66. The molecule has 0 radical (unpaired) electrons. The molecule has 3 heterocycles. The van der Waals surface area contributed by atoms with Crippen LogP contribution in [-0.2, 0) is 11.2 Å². The number of nitrogens with one attached hydrogen (secondary N) is 2. The molecule has 2 N–H and O–H groups in total. The van der Waals surface area contributed by atoms with Crippen molar-refractivity contribution in [2.75, 3.05) is 24.6 Å². The second kappa shape index (κ2) is 9.77. The van der Waals surface area contributed by atoms with E-state index >= 15 is 0 Å². The predicted octanol–water partition coefficient (Wildman–Crippen LogP) is 3.36. The fourth-order valence-electron chi connectivity index (χ4n) is 2.50. The number of rotatable bonds is 6. The molecule has 24 heavy (non-hydrogen) atoms. The van der Waals surface area contributed by atoms with Crippen molar-refractivity contribution in [2.45, 2.75) is 25.8 Å². The van der Waals surface area contributed by atoms with Crippen LogP contribution in [-0.4, -0.2) is 41.5 Å². The predicted molar refractivity (Wildman–Crippen MR) is 108 cm³/mol. The third kappa shape index (κ3) is 5.74. The standard InChI is InChI=1S/C16H21N3OS3.ClH/c1-11-19-14(10-22-11)15-3-2-13(23-15)4-5-18-16(20)8-12-9-21-7-6-17-12;/h2-3,10,12,17H,4-9H2,1H3,(H,18,20);1H. The number of carbonyl (C=O) groups excluding carboxylic acids is 1. The second-order valence-electron chi connectivity index (χ2n) is 5.55. The monoisotopic (exact) mass is 403 g/mol. The van der Waals surface area contributed by atoms with Gasteiger partial charge in [-0.05, 0) is 25.5 Å². The number of halogens is 1. The molecule has 4 nitrogen and oxygen atoms in total. The van der Waals surface area contributed by atoms with Crippen LogP contribution in [0.3, 0.4) is 0 Å². The van der Waals surface area contributed by atoms with Gasteiger partial charge in [0.1, 0.15) is 0 Å². The molecular formula is C16H22ClN3OS3. The van der Waals surface area contributed by atoms with Crippen molar-refractivity contribution in [3.8, 4) is 10.6 Å². The first-order valence-electron chi connectivity index (χ1n) is 7.80. The molecule has 1 fully saturated rings. The summed E-state index contributed by atoms with van der Waals surface area (Å²) in [6, 6.07) is 4.59. The minimum absolute atomic E-state index is 0. The number of thiophene rings is 1. The number of hydrogen-bond acceptors (Lipinski definition) is 6. The average Bonchev–Trinajstić information content (AvgIpc) is 3.17. The Bertz CT molecular complexity index is 653. The van der Waals surface area contributed by atoms with Crippen molar-refractivity contribution < 1.29 is 4.79 Å². The van der Waals surface area contributed by atoms with Gasteiger partial charge in [-0.3, -0.25) is 4.79 Å². The fraction of sp³-hybridized carbons (Fsp3) is 0.500. The number of amides is 1. The van der Waals surface area contributed by atoms with Crippen LogP contribution in [0.25, 0.3) is 10.6 Å². The van der Waals surface area contributed by atoms with Crippen molar-refractivity contribution in [3.05, 3.63) is 27.4 Å². The Kier molecular flexibility index (Phi) is 8.03. The normalized spacial score (nSPS) is 17.3. The molecule has 1 atom stereocenters. The lowest BCUT2D eigenvalue weighted by atomic mass is 10.2. The zero-order chi connectivity index (χ0) is 16.1. The molecule has 2 aromatic heterocycles. The Labute approximate surface area is 161 Å². The lowest BCUT2D eigenvalue weighted by molar-refractivity contribution is -0.121. The number of thioether (sulfide) groups is 1. The molecule has 0 spiro atoms. The van der Waals surface area contributed by atoms with Crippen LogP contribution < -0.4 is 10.6 Å². The number of aromatic nitrogens is 1. The van der Waals surface area contributed by atoms with Crippen LogP contribution in [0.4, 0.5) is 0 Å². The lowest BCUT2D eigenvalue weighted by Gasteiger charge is -2.22. The number of hydrogen-bond donors (Lipinski definition) is 2. The molecule has 0 saturated carbocycles. The van der Waals surface area contributed by atoms with Gasteiger partial charge in [-0.2, -0.15) is 11.8 Å². The van der Waals surface area contributed by atoms with Crippen LogP contribution in [0, 0.1) is 6.92 Å². The van der Waals surface area contributed by atoms with E-state index in [-0.39, 0.29) is 18.3 Å². The van der Waals surface area contributed by atoms with E-state index < -0.39 is 0 Å². The Morgan fingerprint density at radius 2 is 2.33 bits per heavy atom. The highest BCUT2D eigenvalue weighted by Gasteiger charge is 2.16. The molecule has 1 aliphatic rings. The molecule has 1 unspecified atom stereocenters. The van der Waals surface area contributed by atoms with Gasteiger partial charge in [-0.1, -0.05) is 0 Å². The van der Waals surface area contributed by atoms with Crippen LogP contribution in [0.1, 0.15) is 16.3 Å². The molecule has 3 rings (SSSR count). The van der Waals surface area contributed by atoms with Crippen molar-refractivity contribution in [1.29, 1.82) is 0 Å². The zero-order valence-corrected chi connectivity index (χ0v) is 16.8. The first-order chi connectivity index (χ1) is 11.2. The first-order valence-corrected chi connectivity index (χ1v) is 10.6. The fourth-order valence-corrected chi connectivity index (χ4v) is 5.10.